The molecule has 1 aliphatic heterocycles. The Morgan fingerprint density at radius 3 is 2.74 bits per heavy atom. The van der Waals surface area contributed by atoms with Gasteiger partial charge in [0, 0.05) is 25.0 Å². The summed E-state index contributed by atoms with van der Waals surface area (Å²) in [6.07, 6.45) is 3.11. The zero-order valence-corrected chi connectivity index (χ0v) is 13.3. The molecule has 0 bridgehead atoms. The first-order chi connectivity index (χ1) is 11.2. The maximum Gasteiger partial charge on any atom is 0.256 e. The van der Waals surface area contributed by atoms with E-state index in [1.54, 1.807) is 0 Å². The fraction of sp³-hybridized carbons (Fsp3) is 0.667. The molecule has 4 rings (SSSR count). The van der Waals surface area contributed by atoms with Crippen molar-refractivity contribution in [3.63, 3.8) is 0 Å². The Labute approximate surface area is 134 Å². The summed E-state index contributed by atoms with van der Waals surface area (Å²) in [5.74, 6) is 2.70. The Kier molecular flexibility index (Phi) is 3.68. The summed E-state index contributed by atoms with van der Waals surface area (Å²) >= 11 is 0. The van der Waals surface area contributed by atoms with Crippen molar-refractivity contribution in [1.82, 2.24) is 25.3 Å². The fourth-order valence-electron chi connectivity index (χ4n) is 2.74. The summed E-state index contributed by atoms with van der Waals surface area (Å²) in [5, 5.41) is 15.5. The van der Waals surface area contributed by atoms with Gasteiger partial charge in [0.25, 0.3) is 5.89 Å². The van der Waals surface area contributed by atoms with Crippen LogP contribution in [0, 0.1) is 19.8 Å². The van der Waals surface area contributed by atoms with Crippen LogP contribution in [0.3, 0.4) is 0 Å². The zero-order valence-electron chi connectivity index (χ0n) is 13.3. The van der Waals surface area contributed by atoms with Crippen LogP contribution in [-0.2, 0) is 4.74 Å². The van der Waals surface area contributed by atoms with E-state index in [4.69, 9.17) is 9.26 Å². The van der Waals surface area contributed by atoms with Crippen molar-refractivity contribution in [3.05, 3.63) is 23.1 Å². The number of nitrogens with one attached hydrogen (secondary N) is 1. The first-order valence-corrected chi connectivity index (χ1v) is 8.07. The monoisotopic (exact) mass is 316 g/mol. The minimum absolute atomic E-state index is 0.151. The van der Waals surface area contributed by atoms with Crippen LogP contribution >= 0.6 is 0 Å². The molecule has 0 unspecified atom stereocenters. The standard InChI is InChI=1S/C15H20N6O2/c1-8-9(2)19-20-15(17-8)16-7-11-5-6-22-12(11)14-18-13(21-23-14)10-3-4-10/h10-12H,3-7H2,1-2H3,(H,16,17,20)/t11-,12-/m0/s1. The van der Waals surface area contributed by atoms with Gasteiger partial charge in [0.2, 0.25) is 5.95 Å². The number of ether oxygens (including phenoxy) is 1. The van der Waals surface area contributed by atoms with E-state index < -0.39 is 0 Å². The van der Waals surface area contributed by atoms with Gasteiger partial charge in [-0.1, -0.05) is 5.16 Å². The molecule has 1 aliphatic carbocycles. The topological polar surface area (TPSA) is 98.9 Å². The van der Waals surface area contributed by atoms with Crippen LogP contribution in [0.2, 0.25) is 0 Å². The van der Waals surface area contributed by atoms with Crippen LogP contribution in [0.1, 0.15) is 54.4 Å². The molecule has 2 aromatic heterocycles. The average molecular weight is 316 g/mol. The van der Waals surface area contributed by atoms with E-state index in [-0.39, 0.29) is 12.0 Å². The second-order valence-electron chi connectivity index (χ2n) is 6.29. The Hall–Kier alpha value is -2.09. The third-order valence-electron chi connectivity index (χ3n) is 4.47. The third kappa shape index (κ3) is 3.03. The number of aromatic nitrogens is 5. The number of aryl methyl sites for hydroxylation is 2. The lowest BCUT2D eigenvalue weighted by molar-refractivity contribution is 0.0649. The van der Waals surface area contributed by atoms with E-state index in [9.17, 15) is 0 Å². The van der Waals surface area contributed by atoms with Gasteiger partial charge in [-0.25, -0.2) is 4.98 Å². The molecular formula is C15H20N6O2. The molecule has 8 heteroatoms. The molecule has 2 aromatic rings. The minimum atomic E-state index is -0.151. The van der Waals surface area contributed by atoms with Crippen molar-refractivity contribution in [2.24, 2.45) is 5.92 Å². The summed E-state index contributed by atoms with van der Waals surface area (Å²) in [6, 6.07) is 0. The van der Waals surface area contributed by atoms with E-state index in [2.05, 4.69) is 30.6 Å². The molecule has 0 aromatic carbocycles. The lowest BCUT2D eigenvalue weighted by atomic mass is 10.0. The largest absolute Gasteiger partial charge is 0.368 e. The third-order valence-corrected chi connectivity index (χ3v) is 4.47. The molecule has 0 spiro atoms. The van der Waals surface area contributed by atoms with Crippen molar-refractivity contribution in [2.45, 2.75) is 45.1 Å². The first kappa shape index (κ1) is 14.5. The number of hydrogen-bond acceptors (Lipinski definition) is 8. The molecular weight excluding hydrogens is 296 g/mol. The lowest BCUT2D eigenvalue weighted by Gasteiger charge is -2.15. The summed E-state index contributed by atoms with van der Waals surface area (Å²) < 4.78 is 11.2. The highest BCUT2D eigenvalue weighted by Gasteiger charge is 2.36. The summed E-state index contributed by atoms with van der Waals surface area (Å²) in [4.78, 5) is 8.90. The van der Waals surface area contributed by atoms with Gasteiger partial charge in [0.05, 0.1) is 11.4 Å². The minimum Gasteiger partial charge on any atom is -0.368 e. The predicted molar refractivity (Wildman–Crippen MR) is 80.9 cm³/mol. The molecule has 1 saturated heterocycles. The molecule has 0 radical (unpaired) electrons. The number of nitrogens with zero attached hydrogens (tertiary/aromatic N) is 5. The average Bonchev–Trinajstić information content (AvgIpc) is 3.10. The highest BCUT2D eigenvalue weighted by atomic mass is 16.5. The highest BCUT2D eigenvalue weighted by Crippen LogP contribution is 2.40. The zero-order chi connectivity index (χ0) is 15.8. The van der Waals surface area contributed by atoms with Gasteiger partial charge in [-0.2, -0.15) is 10.1 Å². The number of anilines is 1. The molecule has 1 N–H and O–H groups in total. The summed E-state index contributed by atoms with van der Waals surface area (Å²) in [5.41, 5.74) is 1.73. The molecule has 2 atom stereocenters. The smallest absolute Gasteiger partial charge is 0.256 e. The van der Waals surface area contributed by atoms with Crippen LogP contribution in [0.25, 0.3) is 0 Å². The van der Waals surface area contributed by atoms with Gasteiger partial charge in [0.15, 0.2) is 5.82 Å². The van der Waals surface area contributed by atoms with E-state index >= 15 is 0 Å². The van der Waals surface area contributed by atoms with E-state index in [1.807, 2.05) is 13.8 Å². The van der Waals surface area contributed by atoms with E-state index in [0.29, 0.717) is 30.9 Å². The molecule has 2 fully saturated rings. The maximum atomic E-state index is 5.80. The summed E-state index contributed by atoms with van der Waals surface area (Å²) in [6.45, 7) is 5.21. The Morgan fingerprint density at radius 2 is 1.96 bits per heavy atom. The van der Waals surface area contributed by atoms with Crippen molar-refractivity contribution >= 4 is 5.95 Å². The Balaban J connectivity index is 1.41. The number of rotatable bonds is 5. The lowest BCUT2D eigenvalue weighted by Crippen LogP contribution is -2.20. The van der Waals surface area contributed by atoms with Gasteiger partial charge in [-0.15, -0.1) is 5.10 Å². The molecule has 3 heterocycles. The fourth-order valence-corrected chi connectivity index (χ4v) is 2.74. The van der Waals surface area contributed by atoms with Crippen molar-refractivity contribution in [3.8, 4) is 0 Å². The molecule has 8 nitrogen and oxygen atoms in total. The van der Waals surface area contributed by atoms with Gasteiger partial charge < -0.3 is 14.6 Å². The normalized spacial score (nSPS) is 24.1. The van der Waals surface area contributed by atoms with Gasteiger partial charge in [-0.3, -0.25) is 0 Å². The van der Waals surface area contributed by atoms with Crippen LogP contribution in [0.4, 0.5) is 5.95 Å². The van der Waals surface area contributed by atoms with Crippen LogP contribution < -0.4 is 5.32 Å². The van der Waals surface area contributed by atoms with Crippen LogP contribution in [0.15, 0.2) is 4.52 Å². The quantitative estimate of drug-likeness (QED) is 0.893. The van der Waals surface area contributed by atoms with E-state index in [0.717, 1.165) is 36.5 Å². The van der Waals surface area contributed by atoms with Crippen molar-refractivity contribution < 1.29 is 9.26 Å². The van der Waals surface area contributed by atoms with Gasteiger partial charge >= 0.3 is 0 Å². The SMILES string of the molecule is Cc1nnc(NC[C@@H]2CCO[C@@H]2c2nc(C3CC3)no2)nc1C. The Bertz CT molecular complexity index is 699. The molecule has 23 heavy (non-hydrogen) atoms. The number of hydrogen-bond donors (Lipinski definition) is 1. The predicted octanol–water partition coefficient (Wildman–Crippen LogP) is 1.94. The van der Waals surface area contributed by atoms with E-state index in [1.165, 1.54) is 0 Å². The van der Waals surface area contributed by atoms with Crippen LogP contribution in [0.5, 0.6) is 0 Å². The van der Waals surface area contributed by atoms with Crippen molar-refractivity contribution in [1.29, 1.82) is 0 Å². The molecule has 0 amide bonds. The first-order valence-electron chi connectivity index (χ1n) is 8.07. The van der Waals surface area contributed by atoms with Crippen LogP contribution in [-0.4, -0.2) is 38.5 Å². The van der Waals surface area contributed by atoms with Gasteiger partial charge in [0.1, 0.15) is 6.10 Å². The van der Waals surface area contributed by atoms with Gasteiger partial charge in [-0.05, 0) is 33.1 Å². The van der Waals surface area contributed by atoms with Crippen molar-refractivity contribution in [2.75, 3.05) is 18.5 Å². The Morgan fingerprint density at radius 1 is 1.09 bits per heavy atom. The molecule has 122 valence electrons. The second kappa shape index (κ2) is 5.84. The highest BCUT2D eigenvalue weighted by molar-refractivity contribution is 5.25. The second-order valence-corrected chi connectivity index (χ2v) is 6.29. The maximum absolute atomic E-state index is 5.80. The molecule has 1 saturated carbocycles. The molecule has 2 aliphatic rings. The summed E-state index contributed by atoms with van der Waals surface area (Å²) in [7, 11) is 0.